The predicted molar refractivity (Wildman–Crippen MR) is 120 cm³/mol. The second-order valence-electron chi connectivity index (χ2n) is 8.74. The molecular weight excluding hydrogens is 422 g/mol. The zero-order chi connectivity index (χ0) is 23.0. The van der Waals surface area contributed by atoms with Gasteiger partial charge in [0.2, 0.25) is 12.3 Å². The van der Waals surface area contributed by atoms with Crippen molar-refractivity contribution in [1.29, 1.82) is 0 Å². The topological polar surface area (TPSA) is 83.3 Å². The van der Waals surface area contributed by atoms with E-state index in [4.69, 9.17) is 9.25 Å². The van der Waals surface area contributed by atoms with Crippen LogP contribution in [0.3, 0.4) is 0 Å². The highest BCUT2D eigenvalue weighted by molar-refractivity contribution is 5.93. The van der Waals surface area contributed by atoms with Gasteiger partial charge in [-0.05, 0) is 36.5 Å². The summed E-state index contributed by atoms with van der Waals surface area (Å²) in [7, 11) is 0. The summed E-state index contributed by atoms with van der Waals surface area (Å²) in [5.41, 5.74) is 0.949. The highest BCUT2D eigenvalue weighted by Crippen LogP contribution is 2.31. The molecule has 3 amide bonds. The molecule has 1 aliphatic carbocycles. The van der Waals surface area contributed by atoms with Crippen molar-refractivity contribution in [3.05, 3.63) is 60.1 Å². The van der Waals surface area contributed by atoms with Crippen LogP contribution < -0.4 is 0 Å². The number of hydrazine groups is 1. The maximum absolute atomic E-state index is 13.3. The van der Waals surface area contributed by atoms with Crippen molar-refractivity contribution in [3.8, 4) is 0 Å². The number of carbonyl (C=O) groups is 3. The summed E-state index contributed by atoms with van der Waals surface area (Å²) in [5, 5.41) is 4.24. The first-order valence-corrected chi connectivity index (χ1v) is 11.7. The van der Waals surface area contributed by atoms with Gasteiger partial charge < -0.3 is 4.42 Å². The Bertz CT molecular complexity index is 911. The van der Waals surface area contributed by atoms with Crippen LogP contribution in [0.1, 0.15) is 61.1 Å². The lowest BCUT2D eigenvalue weighted by Crippen LogP contribution is -2.47. The third-order valence-electron chi connectivity index (χ3n) is 6.46. The number of furan rings is 1. The van der Waals surface area contributed by atoms with Crippen LogP contribution in [0, 0.1) is 5.92 Å². The molecule has 1 aromatic heterocycles. The van der Waals surface area contributed by atoms with Crippen LogP contribution in [-0.2, 0) is 21.0 Å². The fraction of sp³-hybridized carbons (Fsp3) is 0.480. The van der Waals surface area contributed by atoms with Crippen molar-refractivity contribution in [1.82, 2.24) is 15.1 Å². The van der Waals surface area contributed by atoms with Crippen molar-refractivity contribution in [2.45, 2.75) is 57.6 Å². The number of hydroxylamine groups is 2. The molecule has 4 rings (SSSR count). The molecule has 8 nitrogen and oxygen atoms in total. The molecule has 1 aromatic carbocycles. The molecule has 1 atom stereocenters. The van der Waals surface area contributed by atoms with Gasteiger partial charge in [0.1, 0.15) is 6.61 Å². The molecule has 33 heavy (non-hydrogen) atoms. The molecule has 0 N–H and O–H groups in total. The van der Waals surface area contributed by atoms with E-state index in [0.717, 1.165) is 18.4 Å². The number of carbonyl (C=O) groups excluding carboxylic acids is 3. The van der Waals surface area contributed by atoms with E-state index in [0.29, 0.717) is 38.3 Å². The van der Waals surface area contributed by atoms with Gasteiger partial charge >= 0.3 is 5.91 Å². The molecule has 8 heteroatoms. The van der Waals surface area contributed by atoms with Gasteiger partial charge in [0.05, 0.1) is 18.7 Å². The number of rotatable bonds is 10. The third kappa shape index (κ3) is 5.82. The van der Waals surface area contributed by atoms with E-state index >= 15 is 0 Å². The molecule has 1 saturated carbocycles. The van der Waals surface area contributed by atoms with Crippen molar-refractivity contribution in [2.75, 3.05) is 13.1 Å². The smallest absolute Gasteiger partial charge is 0.308 e. The molecule has 2 heterocycles. The highest BCUT2D eigenvalue weighted by Gasteiger charge is 2.35. The normalized spacial score (nSPS) is 17.3. The Kier molecular flexibility index (Phi) is 7.78. The van der Waals surface area contributed by atoms with Crippen molar-refractivity contribution in [2.24, 2.45) is 5.92 Å². The Morgan fingerprint density at radius 2 is 1.82 bits per heavy atom. The van der Waals surface area contributed by atoms with Crippen LogP contribution in [0.2, 0.25) is 0 Å². The average Bonchev–Trinajstić information content (AvgIpc) is 3.62. The van der Waals surface area contributed by atoms with Crippen LogP contribution in [0.15, 0.2) is 53.1 Å². The van der Waals surface area contributed by atoms with Gasteiger partial charge in [0.15, 0.2) is 5.76 Å². The Morgan fingerprint density at radius 1 is 1.06 bits per heavy atom. The molecule has 1 aliphatic heterocycles. The average molecular weight is 454 g/mol. The molecule has 1 unspecified atom stereocenters. The van der Waals surface area contributed by atoms with E-state index in [9.17, 15) is 14.4 Å². The van der Waals surface area contributed by atoms with E-state index in [-0.39, 0.29) is 36.6 Å². The van der Waals surface area contributed by atoms with Crippen LogP contribution in [-0.4, -0.2) is 52.4 Å². The molecule has 2 fully saturated rings. The first-order valence-electron chi connectivity index (χ1n) is 11.7. The molecule has 0 spiro atoms. The molecule has 2 aromatic rings. The molecule has 1 saturated heterocycles. The Labute approximate surface area is 194 Å². The summed E-state index contributed by atoms with van der Waals surface area (Å²) in [5.74, 6) is 0.152. The highest BCUT2D eigenvalue weighted by atomic mass is 16.7. The Morgan fingerprint density at radius 3 is 2.52 bits per heavy atom. The van der Waals surface area contributed by atoms with E-state index < -0.39 is 0 Å². The molecule has 2 aliphatic rings. The van der Waals surface area contributed by atoms with E-state index in [1.54, 1.807) is 12.1 Å². The Hall–Kier alpha value is -3.13. The van der Waals surface area contributed by atoms with E-state index in [1.807, 2.05) is 30.3 Å². The summed E-state index contributed by atoms with van der Waals surface area (Å²) >= 11 is 0. The summed E-state index contributed by atoms with van der Waals surface area (Å²) in [4.78, 5) is 43.9. The maximum atomic E-state index is 13.3. The molecule has 176 valence electrons. The van der Waals surface area contributed by atoms with Crippen LogP contribution in [0.25, 0.3) is 0 Å². The van der Waals surface area contributed by atoms with Gasteiger partial charge in [-0.25, -0.2) is 10.1 Å². The standard InChI is InChI=1S/C25H31N3O5/c29-19-28(33-18-21-10-2-1-3-11-21)22(16-20-8-4-5-9-20)17-24(30)26-13-7-14-27(26)25(31)23-12-6-15-32-23/h1-3,6,10-12,15,19-20,22H,4-5,7-9,13-14,16-18H2. The lowest BCUT2D eigenvalue weighted by Gasteiger charge is -2.32. The second-order valence-corrected chi connectivity index (χ2v) is 8.74. The Balaban J connectivity index is 1.44. The molecule has 0 radical (unpaired) electrons. The first-order chi connectivity index (χ1) is 16.2. The van der Waals surface area contributed by atoms with Gasteiger partial charge in [0, 0.05) is 13.1 Å². The van der Waals surface area contributed by atoms with Crippen LogP contribution in [0.5, 0.6) is 0 Å². The van der Waals surface area contributed by atoms with Gasteiger partial charge in [-0.1, -0.05) is 56.0 Å². The third-order valence-corrected chi connectivity index (χ3v) is 6.46. The van der Waals surface area contributed by atoms with Crippen molar-refractivity contribution >= 4 is 18.2 Å². The number of benzene rings is 1. The SMILES string of the molecule is O=CN(OCc1ccccc1)C(CC(=O)N1CCCN1C(=O)c1ccco1)CC1CCCC1. The summed E-state index contributed by atoms with van der Waals surface area (Å²) < 4.78 is 5.23. The summed E-state index contributed by atoms with van der Waals surface area (Å²) in [6.45, 7) is 1.18. The van der Waals surface area contributed by atoms with E-state index in [1.165, 1.54) is 34.2 Å². The van der Waals surface area contributed by atoms with Gasteiger partial charge in [-0.15, -0.1) is 0 Å². The van der Waals surface area contributed by atoms with Crippen molar-refractivity contribution < 1.29 is 23.6 Å². The second kappa shape index (κ2) is 11.1. The molecular formula is C25H31N3O5. The monoisotopic (exact) mass is 453 g/mol. The van der Waals surface area contributed by atoms with Crippen LogP contribution >= 0.6 is 0 Å². The number of amides is 3. The predicted octanol–water partition coefficient (Wildman–Crippen LogP) is 3.80. The lowest BCUT2D eigenvalue weighted by molar-refractivity contribution is -0.197. The number of nitrogens with zero attached hydrogens (tertiary/aromatic N) is 3. The zero-order valence-corrected chi connectivity index (χ0v) is 18.8. The number of hydrogen-bond acceptors (Lipinski definition) is 5. The first kappa shape index (κ1) is 23.0. The minimum atomic E-state index is -0.386. The van der Waals surface area contributed by atoms with Gasteiger partial charge in [-0.2, -0.15) is 0 Å². The largest absolute Gasteiger partial charge is 0.459 e. The van der Waals surface area contributed by atoms with Gasteiger partial charge in [-0.3, -0.25) is 24.2 Å². The van der Waals surface area contributed by atoms with E-state index in [2.05, 4.69) is 0 Å². The van der Waals surface area contributed by atoms with Gasteiger partial charge in [0.25, 0.3) is 0 Å². The lowest BCUT2D eigenvalue weighted by atomic mass is 9.96. The maximum Gasteiger partial charge on any atom is 0.308 e. The van der Waals surface area contributed by atoms with Crippen LogP contribution in [0.4, 0.5) is 0 Å². The summed E-state index contributed by atoms with van der Waals surface area (Å²) in [6, 6.07) is 12.5. The minimum absolute atomic E-state index is 0.103. The van der Waals surface area contributed by atoms with Crippen molar-refractivity contribution in [3.63, 3.8) is 0 Å². The summed E-state index contributed by atoms with van der Waals surface area (Å²) in [6.07, 6.45) is 8.18. The minimum Gasteiger partial charge on any atom is -0.459 e. The molecule has 0 bridgehead atoms. The fourth-order valence-corrected chi connectivity index (χ4v) is 4.77. The quantitative estimate of drug-likeness (QED) is 0.404. The number of hydrogen-bond donors (Lipinski definition) is 0. The fourth-order valence-electron chi connectivity index (χ4n) is 4.77. The zero-order valence-electron chi connectivity index (χ0n) is 18.8.